The van der Waals surface area contributed by atoms with Crippen LogP contribution in [0.5, 0.6) is 0 Å². The van der Waals surface area contributed by atoms with E-state index >= 15 is 0 Å². The van der Waals surface area contributed by atoms with Gasteiger partial charge in [0.2, 0.25) is 0 Å². The standard InChI is InChI=1S/C14H22N2/c1-11(13-5-3-4-6-13)16-12(2)14-7-9-15-10-8-14/h7-13,16H,3-6H2,1-2H3. The van der Waals surface area contributed by atoms with Crippen LogP contribution in [-0.4, -0.2) is 11.0 Å². The van der Waals surface area contributed by atoms with Gasteiger partial charge in [0.25, 0.3) is 0 Å². The Labute approximate surface area is 98.5 Å². The Kier molecular flexibility index (Phi) is 3.94. The van der Waals surface area contributed by atoms with Crippen molar-refractivity contribution in [1.29, 1.82) is 0 Å². The van der Waals surface area contributed by atoms with Crippen LogP contribution < -0.4 is 5.32 Å². The zero-order valence-corrected chi connectivity index (χ0v) is 10.3. The van der Waals surface area contributed by atoms with E-state index in [-0.39, 0.29) is 0 Å². The summed E-state index contributed by atoms with van der Waals surface area (Å²) in [4.78, 5) is 4.06. The van der Waals surface area contributed by atoms with E-state index in [4.69, 9.17) is 0 Å². The number of aromatic nitrogens is 1. The summed E-state index contributed by atoms with van der Waals surface area (Å²) in [7, 11) is 0. The van der Waals surface area contributed by atoms with E-state index in [0.29, 0.717) is 12.1 Å². The first-order valence-corrected chi connectivity index (χ1v) is 6.43. The lowest BCUT2D eigenvalue weighted by Crippen LogP contribution is -2.34. The van der Waals surface area contributed by atoms with Crippen LogP contribution in [-0.2, 0) is 0 Å². The Morgan fingerprint density at radius 2 is 1.81 bits per heavy atom. The Morgan fingerprint density at radius 3 is 2.44 bits per heavy atom. The Bertz CT molecular complexity index is 304. The molecule has 0 aliphatic heterocycles. The van der Waals surface area contributed by atoms with E-state index in [0.717, 1.165) is 5.92 Å². The number of hydrogen-bond acceptors (Lipinski definition) is 2. The summed E-state index contributed by atoms with van der Waals surface area (Å²) in [5.41, 5.74) is 1.33. The summed E-state index contributed by atoms with van der Waals surface area (Å²) in [5, 5.41) is 3.71. The van der Waals surface area contributed by atoms with Gasteiger partial charge in [-0.3, -0.25) is 4.98 Å². The van der Waals surface area contributed by atoms with Gasteiger partial charge in [-0.2, -0.15) is 0 Å². The smallest absolute Gasteiger partial charge is 0.0295 e. The molecule has 1 saturated carbocycles. The van der Waals surface area contributed by atoms with Gasteiger partial charge in [-0.25, -0.2) is 0 Å². The van der Waals surface area contributed by atoms with Crippen molar-refractivity contribution in [2.45, 2.75) is 51.6 Å². The second kappa shape index (κ2) is 5.44. The highest BCUT2D eigenvalue weighted by molar-refractivity contribution is 5.14. The third kappa shape index (κ3) is 2.82. The van der Waals surface area contributed by atoms with Crippen molar-refractivity contribution in [3.05, 3.63) is 30.1 Å². The van der Waals surface area contributed by atoms with Gasteiger partial charge in [0, 0.05) is 24.5 Å². The fraction of sp³-hybridized carbons (Fsp3) is 0.643. The summed E-state index contributed by atoms with van der Waals surface area (Å²) in [6, 6.07) is 5.25. The zero-order chi connectivity index (χ0) is 11.4. The molecule has 0 amide bonds. The summed E-state index contributed by atoms with van der Waals surface area (Å²) in [5.74, 6) is 0.879. The molecular weight excluding hydrogens is 196 g/mol. The minimum atomic E-state index is 0.429. The quantitative estimate of drug-likeness (QED) is 0.838. The molecule has 2 rings (SSSR count). The van der Waals surface area contributed by atoms with E-state index in [1.165, 1.54) is 31.2 Å². The van der Waals surface area contributed by atoms with Gasteiger partial charge in [-0.1, -0.05) is 12.8 Å². The average Bonchev–Trinajstić information content (AvgIpc) is 2.83. The molecule has 2 nitrogen and oxygen atoms in total. The maximum atomic E-state index is 4.06. The second-order valence-corrected chi connectivity index (χ2v) is 5.00. The topological polar surface area (TPSA) is 24.9 Å². The van der Waals surface area contributed by atoms with Gasteiger partial charge in [0.1, 0.15) is 0 Å². The molecule has 2 heteroatoms. The van der Waals surface area contributed by atoms with Crippen molar-refractivity contribution in [3.63, 3.8) is 0 Å². The number of pyridine rings is 1. The minimum absolute atomic E-state index is 0.429. The number of nitrogens with zero attached hydrogens (tertiary/aromatic N) is 1. The molecule has 88 valence electrons. The van der Waals surface area contributed by atoms with Crippen LogP contribution in [0.15, 0.2) is 24.5 Å². The summed E-state index contributed by atoms with van der Waals surface area (Å²) >= 11 is 0. The highest BCUT2D eigenvalue weighted by atomic mass is 14.9. The Morgan fingerprint density at radius 1 is 1.19 bits per heavy atom. The third-order valence-corrected chi connectivity index (χ3v) is 3.83. The first-order valence-electron chi connectivity index (χ1n) is 6.43. The van der Waals surface area contributed by atoms with E-state index in [2.05, 4.69) is 36.3 Å². The fourth-order valence-electron chi connectivity index (χ4n) is 2.74. The van der Waals surface area contributed by atoms with E-state index in [9.17, 15) is 0 Å². The number of hydrogen-bond donors (Lipinski definition) is 1. The van der Waals surface area contributed by atoms with Crippen molar-refractivity contribution in [1.82, 2.24) is 10.3 Å². The molecule has 0 spiro atoms. The molecule has 0 radical (unpaired) electrons. The van der Waals surface area contributed by atoms with Gasteiger partial charge < -0.3 is 5.32 Å². The molecular formula is C14H22N2. The van der Waals surface area contributed by atoms with Gasteiger partial charge in [0.15, 0.2) is 0 Å². The van der Waals surface area contributed by atoms with Gasteiger partial charge in [-0.15, -0.1) is 0 Å². The van der Waals surface area contributed by atoms with Gasteiger partial charge in [-0.05, 0) is 50.3 Å². The SMILES string of the molecule is CC(NC(C)C1CCCC1)c1ccncc1. The minimum Gasteiger partial charge on any atom is -0.307 e. The molecule has 16 heavy (non-hydrogen) atoms. The lowest BCUT2D eigenvalue weighted by Gasteiger charge is -2.25. The Hall–Kier alpha value is -0.890. The van der Waals surface area contributed by atoms with Gasteiger partial charge in [0.05, 0.1) is 0 Å². The third-order valence-electron chi connectivity index (χ3n) is 3.83. The molecule has 1 aliphatic carbocycles. The molecule has 1 N–H and O–H groups in total. The molecule has 0 bridgehead atoms. The first-order chi connectivity index (χ1) is 7.77. The van der Waals surface area contributed by atoms with Crippen molar-refractivity contribution < 1.29 is 0 Å². The van der Waals surface area contributed by atoms with E-state index < -0.39 is 0 Å². The summed E-state index contributed by atoms with van der Waals surface area (Å²) in [6.07, 6.45) is 9.37. The lowest BCUT2D eigenvalue weighted by molar-refractivity contribution is 0.352. The van der Waals surface area contributed by atoms with Crippen molar-refractivity contribution in [2.75, 3.05) is 0 Å². The van der Waals surface area contributed by atoms with Crippen molar-refractivity contribution in [3.8, 4) is 0 Å². The molecule has 1 heterocycles. The van der Waals surface area contributed by atoms with Crippen LogP contribution >= 0.6 is 0 Å². The lowest BCUT2D eigenvalue weighted by atomic mass is 9.98. The largest absolute Gasteiger partial charge is 0.307 e. The molecule has 1 aromatic heterocycles. The molecule has 2 unspecified atom stereocenters. The van der Waals surface area contributed by atoms with Crippen LogP contribution in [0, 0.1) is 5.92 Å². The predicted molar refractivity (Wildman–Crippen MR) is 67.2 cm³/mol. The maximum absolute atomic E-state index is 4.06. The highest BCUT2D eigenvalue weighted by Gasteiger charge is 2.22. The maximum Gasteiger partial charge on any atom is 0.0295 e. The normalized spacial score (nSPS) is 20.9. The fourth-order valence-corrected chi connectivity index (χ4v) is 2.74. The molecule has 1 aromatic rings. The highest BCUT2D eigenvalue weighted by Crippen LogP contribution is 2.28. The second-order valence-electron chi connectivity index (χ2n) is 5.00. The van der Waals surface area contributed by atoms with Crippen molar-refractivity contribution >= 4 is 0 Å². The molecule has 1 aliphatic rings. The molecule has 0 aromatic carbocycles. The van der Waals surface area contributed by atoms with Gasteiger partial charge >= 0.3 is 0 Å². The van der Waals surface area contributed by atoms with Crippen LogP contribution in [0.25, 0.3) is 0 Å². The van der Waals surface area contributed by atoms with Crippen LogP contribution in [0.1, 0.15) is 51.1 Å². The Balaban J connectivity index is 1.89. The first kappa shape index (κ1) is 11.6. The van der Waals surface area contributed by atoms with E-state index in [1.807, 2.05) is 12.4 Å². The number of rotatable bonds is 4. The number of nitrogens with one attached hydrogen (secondary N) is 1. The van der Waals surface area contributed by atoms with Crippen LogP contribution in [0.2, 0.25) is 0 Å². The zero-order valence-electron chi connectivity index (χ0n) is 10.3. The predicted octanol–water partition coefficient (Wildman–Crippen LogP) is 3.31. The molecule has 0 saturated heterocycles. The molecule has 1 fully saturated rings. The van der Waals surface area contributed by atoms with E-state index in [1.54, 1.807) is 0 Å². The summed E-state index contributed by atoms with van der Waals surface area (Å²) < 4.78 is 0. The van der Waals surface area contributed by atoms with Crippen LogP contribution in [0.4, 0.5) is 0 Å². The summed E-state index contributed by atoms with van der Waals surface area (Å²) in [6.45, 7) is 4.56. The van der Waals surface area contributed by atoms with Crippen molar-refractivity contribution in [2.24, 2.45) is 5.92 Å². The average molecular weight is 218 g/mol. The van der Waals surface area contributed by atoms with Crippen LogP contribution in [0.3, 0.4) is 0 Å². The molecule has 2 atom stereocenters. The monoisotopic (exact) mass is 218 g/mol.